The van der Waals surface area contributed by atoms with Gasteiger partial charge < -0.3 is 11.1 Å². The van der Waals surface area contributed by atoms with Crippen LogP contribution in [0.25, 0.3) is 16.7 Å². The zero-order valence-electron chi connectivity index (χ0n) is 14.9. The fourth-order valence-electron chi connectivity index (χ4n) is 4.79. The predicted octanol–water partition coefficient (Wildman–Crippen LogP) is 4.47. The van der Waals surface area contributed by atoms with E-state index < -0.39 is 5.91 Å². The van der Waals surface area contributed by atoms with E-state index in [9.17, 15) is 4.79 Å². The van der Waals surface area contributed by atoms with Gasteiger partial charge in [0.05, 0.1) is 0 Å². The number of allylic oxidation sites excluding steroid dienone is 2. The van der Waals surface area contributed by atoms with Crippen LogP contribution in [0.15, 0.2) is 29.8 Å². The third-order valence-electron chi connectivity index (χ3n) is 6.33. The van der Waals surface area contributed by atoms with Crippen LogP contribution in [0.4, 0.5) is 10.1 Å². The standard InChI is InChI=1S/C22H21FN2O/c1-10-6-15-16(22(24)26)8-17(23)21(19(15)11(10)2)13-4-3-5-18-20(13)14-7-12(14)9-25-18/h3-5,8,12,14,25H,6-7,9H2,1-2H3,(H2,24,26). The summed E-state index contributed by atoms with van der Waals surface area (Å²) in [4.78, 5) is 11.9. The first kappa shape index (κ1) is 15.6. The summed E-state index contributed by atoms with van der Waals surface area (Å²) in [5.41, 5.74) is 13.8. The third-order valence-corrected chi connectivity index (χ3v) is 6.33. The lowest BCUT2D eigenvalue weighted by Gasteiger charge is -2.23. The van der Waals surface area contributed by atoms with Crippen molar-refractivity contribution in [2.75, 3.05) is 11.9 Å². The third kappa shape index (κ3) is 2.02. The molecule has 132 valence electrons. The van der Waals surface area contributed by atoms with Crippen molar-refractivity contribution in [2.45, 2.75) is 32.6 Å². The van der Waals surface area contributed by atoms with Gasteiger partial charge in [-0.1, -0.05) is 17.7 Å². The summed E-state index contributed by atoms with van der Waals surface area (Å²) in [7, 11) is 0. The molecule has 1 amide bonds. The topological polar surface area (TPSA) is 55.1 Å². The number of halogens is 1. The Balaban J connectivity index is 1.83. The molecule has 3 aliphatic rings. The fourth-order valence-corrected chi connectivity index (χ4v) is 4.79. The zero-order chi connectivity index (χ0) is 18.2. The number of rotatable bonds is 2. The van der Waals surface area contributed by atoms with Crippen LogP contribution in [0.5, 0.6) is 0 Å². The van der Waals surface area contributed by atoms with Crippen LogP contribution in [-0.2, 0) is 6.42 Å². The van der Waals surface area contributed by atoms with Crippen molar-refractivity contribution < 1.29 is 9.18 Å². The molecule has 1 saturated carbocycles. The maximum absolute atomic E-state index is 15.3. The average molecular weight is 348 g/mol. The summed E-state index contributed by atoms with van der Waals surface area (Å²) >= 11 is 0. The molecule has 0 aromatic heterocycles. The van der Waals surface area contributed by atoms with Gasteiger partial charge in [0, 0.05) is 23.4 Å². The maximum atomic E-state index is 15.3. The molecular weight excluding hydrogens is 327 g/mol. The number of carbonyl (C=O) groups excluding carboxylic acids is 1. The molecular formula is C22H21FN2O. The van der Waals surface area contributed by atoms with Gasteiger partial charge in [-0.05, 0) is 78.5 Å². The number of hydrogen-bond acceptors (Lipinski definition) is 2. The van der Waals surface area contributed by atoms with E-state index in [2.05, 4.69) is 11.4 Å². The molecule has 0 radical (unpaired) electrons. The van der Waals surface area contributed by atoms with E-state index in [1.54, 1.807) is 0 Å². The van der Waals surface area contributed by atoms with Gasteiger partial charge in [-0.2, -0.15) is 0 Å². The highest BCUT2D eigenvalue weighted by Gasteiger charge is 2.44. The van der Waals surface area contributed by atoms with E-state index in [1.165, 1.54) is 17.2 Å². The molecule has 2 aromatic rings. The minimum atomic E-state index is -0.562. The highest BCUT2D eigenvalue weighted by atomic mass is 19.1. The van der Waals surface area contributed by atoms with Crippen molar-refractivity contribution in [1.29, 1.82) is 0 Å². The molecule has 2 atom stereocenters. The molecule has 3 nitrogen and oxygen atoms in total. The van der Waals surface area contributed by atoms with Gasteiger partial charge >= 0.3 is 0 Å². The normalized spacial score (nSPS) is 22.4. The summed E-state index contributed by atoms with van der Waals surface area (Å²) in [5, 5.41) is 3.49. The highest BCUT2D eigenvalue weighted by Crippen LogP contribution is 2.56. The molecule has 4 heteroatoms. The van der Waals surface area contributed by atoms with Crippen LogP contribution in [0.3, 0.4) is 0 Å². The maximum Gasteiger partial charge on any atom is 0.249 e. The van der Waals surface area contributed by atoms with Crippen molar-refractivity contribution in [3.05, 3.63) is 57.9 Å². The number of primary amides is 1. The lowest BCUT2D eigenvalue weighted by atomic mass is 9.86. The first-order valence-corrected chi connectivity index (χ1v) is 9.16. The monoisotopic (exact) mass is 348 g/mol. The molecule has 2 unspecified atom stereocenters. The van der Waals surface area contributed by atoms with Gasteiger partial charge in [0.1, 0.15) is 5.82 Å². The Labute approximate surface area is 152 Å². The number of carbonyl (C=O) groups is 1. The van der Waals surface area contributed by atoms with E-state index in [0.29, 0.717) is 29.4 Å². The second-order valence-electron chi connectivity index (χ2n) is 7.83. The first-order valence-electron chi connectivity index (χ1n) is 9.16. The lowest BCUT2D eigenvalue weighted by Crippen LogP contribution is -2.16. The van der Waals surface area contributed by atoms with Gasteiger partial charge in [0.15, 0.2) is 0 Å². The number of amides is 1. The Kier molecular flexibility index (Phi) is 3.12. The van der Waals surface area contributed by atoms with Crippen LogP contribution in [0.2, 0.25) is 0 Å². The van der Waals surface area contributed by atoms with Gasteiger partial charge in [-0.15, -0.1) is 0 Å². The van der Waals surface area contributed by atoms with E-state index in [-0.39, 0.29) is 5.82 Å². The van der Waals surface area contributed by atoms with Crippen molar-refractivity contribution in [2.24, 2.45) is 11.7 Å². The van der Waals surface area contributed by atoms with Crippen molar-refractivity contribution in [1.82, 2.24) is 0 Å². The van der Waals surface area contributed by atoms with Gasteiger partial charge in [0.2, 0.25) is 5.91 Å². The largest absolute Gasteiger partial charge is 0.384 e. The van der Waals surface area contributed by atoms with Gasteiger partial charge in [-0.25, -0.2) is 4.39 Å². The second-order valence-corrected chi connectivity index (χ2v) is 7.83. The summed E-state index contributed by atoms with van der Waals surface area (Å²) in [6.07, 6.45) is 1.82. The van der Waals surface area contributed by atoms with E-state index in [4.69, 9.17) is 5.73 Å². The summed E-state index contributed by atoms with van der Waals surface area (Å²) in [6, 6.07) is 7.42. The number of nitrogens with one attached hydrogen (secondary N) is 1. The minimum absolute atomic E-state index is 0.310. The zero-order valence-corrected chi connectivity index (χ0v) is 14.9. The average Bonchev–Trinajstić information content (AvgIpc) is 3.35. The quantitative estimate of drug-likeness (QED) is 0.841. The number of hydrogen-bond donors (Lipinski definition) is 2. The Bertz CT molecular complexity index is 1020. The summed E-state index contributed by atoms with van der Waals surface area (Å²) in [6.45, 7) is 5.06. The summed E-state index contributed by atoms with van der Waals surface area (Å²) < 4.78 is 15.3. The Morgan fingerprint density at radius 1 is 1.27 bits per heavy atom. The molecule has 1 aliphatic heterocycles. The van der Waals surface area contributed by atoms with Crippen LogP contribution < -0.4 is 11.1 Å². The molecule has 0 bridgehead atoms. The summed E-state index contributed by atoms with van der Waals surface area (Å²) in [5.74, 6) is 0.249. The number of benzene rings is 2. The minimum Gasteiger partial charge on any atom is -0.384 e. The van der Waals surface area contributed by atoms with Crippen LogP contribution in [0.1, 0.15) is 53.2 Å². The molecule has 26 heavy (non-hydrogen) atoms. The SMILES string of the molecule is CC1=C(C)c2c(c(C(N)=O)cc(F)c2-c2cccc3c2C2CC2CN3)C1. The van der Waals surface area contributed by atoms with Crippen LogP contribution >= 0.6 is 0 Å². The molecule has 1 heterocycles. The van der Waals surface area contributed by atoms with Gasteiger partial charge in [-0.3, -0.25) is 4.79 Å². The molecule has 1 fully saturated rings. The van der Waals surface area contributed by atoms with Crippen molar-refractivity contribution in [3.63, 3.8) is 0 Å². The smallest absolute Gasteiger partial charge is 0.249 e. The van der Waals surface area contributed by atoms with Crippen molar-refractivity contribution >= 4 is 17.2 Å². The van der Waals surface area contributed by atoms with E-state index >= 15 is 4.39 Å². The number of nitrogens with two attached hydrogens (primary N) is 1. The van der Waals surface area contributed by atoms with Crippen LogP contribution in [0, 0.1) is 11.7 Å². The van der Waals surface area contributed by atoms with E-state index in [0.717, 1.165) is 40.9 Å². The fraction of sp³-hybridized carbons (Fsp3) is 0.318. The Hall–Kier alpha value is -2.62. The Morgan fingerprint density at radius 2 is 2.08 bits per heavy atom. The van der Waals surface area contributed by atoms with Crippen molar-refractivity contribution in [3.8, 4) is 11.1 Å². The second kappa shape index (κ2) is 5.19. The molecule has 3 N–H and O–H groups in total. The number of fused-ring (bicyclic) bond motifs is 4. The molecule has 2 aliphatic carbocycles. The van der Waals surface area contributed by atoms with Crippen LogP contribution in [-0.4, -0.2) is 12.5 Å². The number of anilines is 1. The Morgan fingerprint density at radius 3 is 2.85 bits per heavy atom. The molecule has 0 saturated heterocycles. The van der Waals surface area contributed by atoms with Gasteiger partial charge in [0.25, 0.3) is 0 Å². The highest BCUT2D eigenvalue weighted by molar-refractivity contribution is 6.00. The first-order chi connectivity index (χ1) is 12.5. The molecule has 0 spiro atoms. The molecule has 5 rings (SSSR count). The van der Waals surface area contributed by atoms with E-state index in [1.807, 2.05) is 26.0 Å². The molecule has 2 aromatic carbocycles. The predicted molar refractivity (Wildman–Crippen MR) is 102 cm³/mol. The lowest BCUT2D eigenvalue weighted by molar-refractivity contribution is 0.0999.